The number of ether oxygens (including phenoxy) is 1. The summed E-state index contributed by atoms with van der Waals surface area (Å²) in [7, 11) is 0. The molecule has 0 spiro atoms. The van der Waals surface area contributed by atoms with Gasteiger partial charge >= 0.3 is 11.9 Å². The lowest BCUT2D eigenvalue weighted by atomic mass is 10.2. The SMILES string of the molecule is CC(OOC(C)(C)C)OC(=O)/C=C/C(=O)O. The van der Waals surface area contributed by atoms with Gasteiger partial charge in [-0.05, 0) is 20.8 Å². The van der Waals surface area contributed by atoms with Gasteiger partial charge in [-0.25, -0.2) is 14.5 Å². The molecule has 0 aliphatic heterocycles. The highest BCUT2D eigenvalue weighted by molar-refractivity contribution is 5.90. The Kier molecular flexibility index (Phi) is 5.69. The molecule has 92 valence electrons. The zero-order chi connectivity index (χ0) is 12.8. The van der Waals surface area contributed by atoms with Crippen LogP contribution in [0.25, 0.3) is 0 Å². The van der Waals surface area contributed by atoms with E-state index in [9.17, 15) is 9.59 Å². The first-order chi connectivity index (χ1) is 7.20. The molecule has 0 aliphatic rings. The van der Waals surface area contributed by atoms with Gasteiger partial charge in [0.15, 0.2) is 0 Å². The van der Waals surface area contributed by atoms with Crippen LogP contribution in [0.15, 0.2) is 12.2 Å². The molecule has 0 saturated heterocycles. The fraction of sp³-hybridized carbons (Fsp3) is 0.600. The first-order valence-electron chi connectivity index (χ1n) is 4.67. The summed E-state index contributed by atoms with van der Waals surface area (Å²) < 4.78 is 4.66. The summed E-state index contributed by atoms with van der Waals surface area (Å²) in [5, 5.41) is 8.26. The van der Waals surface area contributed by atoms with E-state index in [4.69, 9.17) is 14.9 Å². The highest BCUT2D eigenvalue weighted by Crippen LogP contribution is 2.09. The number of carboxylic acid groups (broad SMARTS) is 1. The van der Waals surface area contributed by atoms with Gasteiger partial charge in [0, 0.05) is 19.1 Å². The van der Waals surface area contributed by atoms with Crippen LogP contribution in [0.2, 0.25) is 0 Å². The number of aliphatic carboxylic acids is 1. The fourth-order valence-corrected chi connectivity index (χ4v) is 0.574. The molecule has 0 aromatic carbocycles. The van der Waals surface area contributed by atoms with Crippen LogP contribution in [0.3, 0.4) is 0 Å². The number of carboxylic acids is 1. The van der Waals surface area contributed by atoms with Crippen LogP contribution in [0.5, 0.6) is 0 Å². The maximum absolute atomic E-state index is 11.0. The van der Waals surface area contributed by atoms with Gasteiger partial charge in [-0.3, -0.25) is 0 Å². The second-order valence-electron chi connectivity index (χ2n) is 3.97. The normalized spacial score (nSPS) is 13.8. The third-order valence-electron chi connectivity index (χ3n) is 1.08. The molecule has 0 saturated carbocycles. The van der Waals surface area contributed by atoms with Crippen molar-refractivity contribution in [2.45, 2.75) is 39.6 Å². The molecular formula is C10H16O6. The zero-order valence-electron chi connectivity index (χ0n) is 9.72. The quantitative estimate of drug-likeness (QED) is 0.253. The van der Waals surface area contributed by atoms with Gasteiger partial charge in [0.2, 0.25) is 6.29 Å². The first-order valence-corrected chi connectivity index (χ1v) is 4.67. The summed E-state index contributed by atoms with van der Waals surface area (Å²) >= 11 is 0. The Balaban J connectivity index is 3.92. The lowest BCUT2D eigenvalue weighted by molar-refractivity contribution is -0.404. The van der Waals surface area contributed by atoms with Crippen molar-refractivity contribution >= 4 is 11.9 Å². The van der Waals surface area contributed by atoms with Crippen molar-refractivity contribution in [2.24, 2.45) is 0 Å². The summed E-state index contributed by atoms with van der Waals surface area (Å²) in [5.74, 6) is -2.04. The number of carbonyl (C=O) groups is 2. The Bertz CT molecular complexity index is 276. The van der Waals surface area contributed by atoms with Crippen LogP contribution in [-0.4, -0.2) is 28.9 Å². The molecule has 0 rings (SSSR count). The fourth-order valence-electron chi connectivity index (χ4n) is 0.574. The second-order valence-corrected chi connectivity index (χ2v) is 3.97. The van der Waals surface area contributed by atoms with E-state index in [1.165, 1.54) is 6.92 Å². The summed E-state index contributed by atoms with van der Waals surface area (Å²) in [5.41, 5.74) is -0.516. The predicted molar refractivity (Wildman–Crippen MR) is 54.3 cm³/mol. The minimum absolute atomic E-state index is 0.516. The van der Waals surface area contributed by atoms with Crippen LogP contribution in [-0.2, 0) is 24.1 Å². The van der Waals surface area contributed by atoms with Crippen molar-refractivity contribution in [2.75, 3.05) is 0 Å². The summed E-state index contributed by atoms with van der Waals surface area (Å²) in [6.07, 6.45) is 0.559. The third kappa shape index (κ3) is 9.17. The maximum atomic E-state index is 11.0. The van der Waals surface area contributed by atoms with Gasteiger partial charge in [-0.1, -0.05) is 0 Å². The average Bonchev–Trinajstić information content (AvgIpc) is 2.10. The highest BCUT2D eigenvalue weighted by Gasteiger charge is 2.15. The predicted octanol–water partition coefficient (Wildman–Crippen LogP) is 1.26. The van der Waals surface area contributed by atoms with Crippen molar-refractivity contribution in [3.05, 3.63) is 12.2 Å². The van der Waals surface area contributed by atoms with Gasteiger partial charge in [0.05, 0.1) is 5.60 Å². The van der Waals surface area contributed by atoms with Crippen LogP contribution < -0.4 is 0 Å². The van der Waals surface area contributed by atoms with E-state index in [1.807, 2.05) is 0 Å². The van der Waals surface area contributed by atoms with Crippen molar-refractivity contribution in [1.29, 1.82) is 0 Å². The largest absolute Gasteiger partial charge is 0.478 e. The standard InChI is InChI=1S/C10H16O6/c1-7(15-16-10(2,3)4)14-9(13)6-5-8(11)12/h5-7H,1-4H3,(H,11,12)/b6-5+. The van der Waals surface area contributed by atoms with Gasteiger partial charge < -0.3 is 9.84 Å². The smallest absolute Gasteiger partial charge is 0.333 e. The molecule has 0 fully saturated rings. The van der Waals surface area contributed by atoms with Gasteiger partial charge in [0.25, 0.3) is 0 Å². The van der Waals surface area contributed by atoms with E-state index in [-0.39, 0.29) is 0 Å². The molecule has 0 radical (unpaired) electrons. The average molecular weight is 232 g/mol. The molecule has 16 heavy (non-hydrogen) atoms. The molecule has 0 bridgehead atoms. The first kappa shape index (κ1) is 14.6. The molecule has 0 aliphatic carbocycles. The lowest BCUT2D eigenvalue weighted by Crippen LogP contribution is -2.25. The number of esters is 1. The molecule has 1 atom stereocenters. The topological polar surface area (TPSA) is 82.1 Å². The molecule has 1 unspecified atom stereocenters. The summed E-state index contributed by atoms with van der Waals surface area (Å²) in [4.78, 5) is 30.7. The number of hydrogen-bond donors (Lipinski definition) is 1. The van der Waals surface area contributed by atoms with Crippen LogP contribution in [0, 0.1) is 0 Å². The number of rotatable bonds is 5. The molecule has 6 heteroatoms. The van der Waals surface area contributed by atoms with Gasteiger partial charge in [-0.2, -0.15) is 4.89 Å². The third-order valence-corrected chi connectivity index (χ3v) is 1.08. The van der Waals surface area contributed by atoms with Crippen LogP contribution >= 0.6 is 0 Å². The zero-order valence-corrected chi connectivity index (χ0v) is 9.72. The molecule has 0 aromatic rings. The van der Waals surface area contributed by atoms with E-state index in [0.29, 0.717) is 6.08 Å². The molecule has 0 amide bonds. The van der Waals surface area contributed by atoms with Crippen molar-refractivity contribution in [3.8, 4) is 0 Å². The van der Waals surface area contributed by atoms with E-state index < -0.39 is 23.8 Å². The van der Waals surface area contributed by atoms with Crippen molar-refractivity contribution < 1.29 is 29.2 Å². The minimum atomic E-state index is -1.23. The van der Waals surface area contributed by atoms with Crippen molar-refractivity contribution in [3.63, 3.8) is 0 Å². The minimum Gasteiger partial charge on any atom is -0.478 e. The van der Waals surface area contributed by atoms with E-state index >= 15 is 0 Å². The molecule has 6 nitrogen and oxygen atoms in total. The lowest BCUT2D eigenvalue weighted by Gasteiger charge is -2.20. The second kappa shape index (κ2) is 6.24. The van der Waals surface area contributed by atoms with Crippen LogP contribution in [0.1, 0.15) is 27.7 Å². The number of carbonyl (C=O) groups excluding carboxylic acids is 1. The number of hydrogen-bond acceptors (Lipinski definition) is 5. The Morgan fingerprint density at radius 2 is 1.81 bits per heavy atom. The molecule has 0 heterocycles. The summed E-state index contributed by atoms with van der Waals surface area (Å²) in [6.45, 7) is 6.77. The Morgan fingerprint density at radius 1 is 1.25 bits per heavy atom. The van der Waals surface area contributed by atoms with Gasteiger partial charge in [-0.15, -0.1) is 0 Å². The maximum Gasteiger partial charge on any atom is 0.333 e. The van der Waals surface area contributed by atoms with E-state index in [2.05, 4.69) is 4.74 Å². The van der Waals surface area contributed by atoms with Crippen LogP contribution in [0.4, 0.5) is 0 Å². The monoisotopic (exact) mass is 232 g/mol. The summed E-state index contributed by atoms with van der Waals surface area (Å²) in [6, 6.07) is 0. The molecule has 0 aromatic heterocycles. The highest BCUT2D eigenvalue weighted by atomic mass is 17.2. The Morgan fingerprint density at radius 3 is 2.25 bits per heavy atom. The Labute approximate surface area is 93.7 Å². The van der Waals surface area contributed by atoms with Crippen molar-refractivity contribution in [1.82, 2.24) is 0 Å². The van der Waals surface area contributed by atoms with E-state index in [1.54, 1.807) is 20.8 Å². The molecular weight excluding hydrogens is 216 g/mol. The van der Waals surface area contributed by atoms with Gasteiger partial charge in [0.1, 0.15) is 0 Å². The molecule has 1 N–H and O–H groups in total. The Hall–Kier alpha value is -1.40. The van der Waals surface area contributed by atoms with E-state index in [0.717, 1.165) is 6.08 Å².